The number of nitrogens with zero attached hydrogens (tertiary/aromatic N) is 2. The molecule has 4 fully saturated rings. The molecule has 4 aliphatic rings. The first kappa shape index (κ1) is 19.0. The molecular formula is C18H33N2O5P. The van der Waals surface area contributed by atoms with E-state index in [1.807, 2.05) is 13.8 Å². The van der Waals surface area contributed by atoms with E-state index < -0.39 is 24.1 Å². The van der Waals surface area contributed by atoms with Crippen molar-refractivity contribution in [3.8, 4) is 0 Å². The van der Waals surface area contributed by atoms with E-state index in [0.717, 1.165) is 13.1 Å². The first-order valence-corrected chi connectivity index (χ1v) is 11.8. The van der Waals surface area contributed by atoms with Crippen LogP contribution in [-0.2, 0) is 18.6 Å². The van der Waals surface area contributed by atoms with Crippen molar-refractivity contribution in [1.29, 1.82) is 0 Å². The van der Waals surface area contributed by atoms with Gasteiger partial charge >= 0.3 is 155 Å². The summed E-state index contributed by atoms with van der Waals surface area (Å²) in [6.07, 6.45) is 0. The minimum absolute atomic E-state index is 0.122. The van der Waals surface area contributed by atoms with Crippen molar-refractivity contribution in [1.82, 2.24) is 9.34 Å². The number of aliphatic hydroxyl groups is 1. The number of hydrogen-bond donors (Lipinski definition) is 1. The molecule has 0 unspecified atom stereocenters. The van der Waals surface area contributed by atoms with Gasteiger partial charge in [-0.25, -0.2) is 0 Å². The number of cyclic esters (lactones) is 1. The molecule has 0 saturated carbocycles. The Morgan fingerprint density at radius 3 is 1.85 bits per heavy atom. The number of esters is 1. The molecule has 4 aliphatic heterocycles. The average Bonchev–Trinajstić information content (AvgIpc) is 3.21. The fraction of sp³-hybridized carbons (Fsp3) is 0.944. The second-order valence-electron chi connectivity index (χ2n) is 9.55. The molecule has 4 heterocycles. The van der Waals surface area contributed by atoms with E-state index in [-0.39, 0.29) is 18.7 Å². The van der Waals surface area contributed by atoms with Crippen LogP contribution in [0.5, 0.6) is 0 Å². The van der Waals surface area contributed by atoms with E-state index in [1.165, 1.54) is 0 Å². The van der Waals surface area contributed by atoms with Crippen LogP contribution in [0.2, 0.25) is 0 Å². The van der Waals surface area contributed by atoms with Gasteiger partial charge in [-0.15, -0.1) is 0 Å². The first-order valence-electron chi connectivity index (χ1n) is 9.78. The molecule has 4 saturated heterocycles. The summed E-state index contributed by atoms with van der Waals surface area (Å²) in [5.74, 6) is 0.0791. The molecule has 8 heteroatoms. The Hall–Kier alpha value is -0.300. The first-order chi connectivity index (χ1) is 12.0. The molecular weight excluding hydrogens is 355 g/mol. The van der Waals surface area contributed by atoms with Gasteiger partial charge in [-0.1, -0.05) is 0 Å². The fourth-order valence-corrected chi connectivity index (χ4v) is 12.5. The van der Waals surface area contributed by atoms with Gasteiger partial charge in [0.2, 0.25) is 0 Å². The second-order valence-corrected chi connectivity index (χ2v) is 13.5. The Morgan fingerprint density at radius 2 is 1.50 bits per heavy atom. The van der Waals surface area contributed by atoms with Crippen molar-refractivity contribution >= 4 is 13.3 Å². The normalized spacial score (nSPS) is 42.7. The zero-order valence-corrected chi connectivity index (χ0v) is 17.7. The van der Waals surface area contributed by atoms with Crippen molar-refractivity contribution < 1.29 is 23.7 Å². The standard InChI is InChI=1S/C18H33N2O5P/c1-12(2)14-9-24-26(18(22)16(21)23-11-17(18,5)6)19(14)7-8-20(26)15(10-25-26)13(3)4/h12-15,22H,7-11H2,1-6H3/t14-,15-,18-/m1/s1. The minimum atomic E-state index is -4.02. The third-order valence-electron chi connectivity index (χ3n) is 7.07. The van der Waals surface area contributed by atoms with Gasteiger partial charge in [-0.3, -0.25) is 0 Å². The summed E-state index contributed by atoms with van der Waals surface area (Å²) in [5.41, 5.74) is -0.791. The molecule has 1 N–H and O–H groups in total. The summed E-state index contributed by atoms with van der Waals surface area (Å²) >= 11 is 0. The van der Waals surface area contributed by atoms with Gasteiger partial charge in [-0.2, -0.15) is 0 Å². The van der Waals surface area contributed by atoms with Gasteiger partial charge < -0.3 is 0 Å². The summed E-state index contributed by atoms with van der Waals surface area (Å²) in [6.45, 7) is 15.0. The van der Waals surface area contributed by atoms with Crippen LogP contribution in [0.4, 0.5) is 0 Å². The average molecular weight is 388 g/mol. The molecule has 0 aromatic heterocycles. The van der Waals surface area contributed by atoms with E-state index in [1.54, 1.807) is 0 Å². The van der Waals surface area contributed by atoms with Gasteiger partial charge in [0.1, 0.15) is 0 Å². The Balaban J connectivity index is 1.97. The maximum absolute atomic E-state index is 13.1. The Kier molecular flexibility index (Phi) is 3.95. The summed E-state index contributed by atoms with van der Waals surface area (Å²) in [6, 6.07) is 0.244. The Labute approximate surface area is 156 Å². The summed E-state index contributed by atoms with van der Waals surface area (Å²) < 4.78 is 23.2. The zero-order chi connectivity index (χ0) is 19.1. The van der Waals surface area contributed by atoms with Crippen LogP contribution in [0.1, 0.15) is 41.5 Å². The van der Waals surface area contributed by atoms with Crippen LogP contribution in [0.25, 0.3) is 0 Å². The quantitative estimate of drug-likeness (QED) is 0.587. The van der Waals surface area contributed by atoms with Crippen molar-refractivity contribution in [2.24, 2.45) is 17.3 Å². The van der Waals surface area contributed by atoms with Crippen LogP contribution in [0.15, 0.2) is 0 Å². The Bertz CT molecular complexity index is 607. The number of carbonyl (C=O) groups excluding carboxylic acids is 1. The SMILES string of the molecule is CC(C)[C@H]1COP23([C@]4(O)C(=O)OCC4(C)C)OC[C@H](C(C)C)N2CCN13. The van der Waals surface area contributed by atoms with Crippen molar-refractivity contribution in [2.45, 2.75) is 59.0 Å². The van der Waals surface area contributed by atoms with Gasteiger partial charge in [-0.05, 0) is 0 Å². The monoisotopic (exact) mass is 388 g/mol. The predicted molar refractivity (Wildman–Crippen MR) is 99.2 cm³/mol. The van der Waals surface area contributed by atoms with Gasteiger partial charge in [0.15, 0.2) is 0 Å². The maximum atomic E-state index is 13.1. The third kappa shape index (κ3) is 1.74. The topological polar surface area (TPSA) is 71.5 Å². The number of ether oxygens (including phenoxy) is 1. The molecule has 4 rings (SSSR count). The van der Waals surface area contributed by atoms with E-state index in [0.29, 0.717) is 25.0 Å². The van der Waals surface area contributed by atoms with Crippen molar-refractivity contribution in [3.63, 3.8) is 0 Å². The zero-order valence-electron chi connectivity index (χ0n) is 16.8. The number of hydrogen-bond acceptors (Lipinski definition) is 7. The molecule has 0 amide bonds. The summed E-state index contributed by atoms with van der Waals surface area (Å²) in [5, 5.41) is 10.4. The van der Waals surface area contributed by atoms with Crippen molar-refractivity contribution in [3.05, 3.63) is 0 Å². The molecule has 7 nitrogen and oxygen atoms in total. The molecule has 26 heavy (non-hydrogen) atoms. The number of carbonyl (C=O) groups is 1. The van der Waals surface area contributed by atoms with E-state index in [4.69, 9.17) is 13.8 Å². The molecule has 0 radical (unpaired) electrons. The summed E-state index contributed by atoms with van der Waals surface area (Å²) in [7, 11) is -4.02. The number of rotatable bonds is 3. The van der Waals surface area contributed by atoms with E-state index >= 15 is 0 Å². The van der Waals surface area contributed by atoms with E-state index in [9.17, 15) is 9.90 Å². The molecule has 0 aromatic carbocycles. The van der Waals surface area contributed by atoms with Crippen LogP contribution < -0.4 is 0 Å². The van der Waals surface area contributed by atoms with Crippen LogP contribution in [-0.4, -0.2) is 70.8 Å². The van der Waals surface area contributed by atoms with Gasteiger partial charge in [0, 0.05) is 0 Å². The van der Waals surface area contributed by atoms with Crippen LogP contribution in [0.3, 0.4) is 0 Å². The third-order valence-corrected chi connectivity index (χ3v) is 13.0. The molecule has 3 atom stereocenters. The van der Waals surface area contributed by atoms with Crippen LogP contribution >= 0.6 is 7.36 Å². The Morgan fingerprint density at radius 1 is 1.04 bits per heavy atom. The molecule has 150 valence electrons. The van der Waals surface area contributed by atoms with Crippen molar-refractivity contribution in [2.75, 3.05) is 32.9 Å². The molecule has 1 spiro atoms. The molecule has 0 aromatic rings. The summed E-state index contributed by atoms with van der Waals surface area (Å²) in [4.78, 5) is 13.1. The van der Waals surface area contributed by atoms with Gasteiger partial charge in [0.25, 0.3) is 0 Å². The second kappa shape index (κ2) is 5.40. The molecule has 0 bridgehead atoms. The predicted octanol–water partition coefficient (Wildman–Crippen LogP) is 2.20. The molecule has 0 aliphatic carbocycles. The van der Waals surface area contributed by atoms with E-state index in [2.05, 4.69) is 37.0 Å². The van der Waals surface area contributed by atoms with Gasteiger partial charge in [0.05, 0.1) is 0 Å². The fourth-order valence-electron chi connectivity index (χ4n) is 5.52. The van der Waals surface area contributed by atoms with Crippen LogP contribution in [0, 0.1) is 17.3 Å².